The molecule has 1 saturated heterocycles. The van der Waals surface area contributed by atoms with Crippen LogP contribution in [-0.2, 0) is 0 Å². The van der Waals surface area contributed by atoms with Gasteiger partial charge in [0.1, 0.15) is 10.7 Å². The SMILES string of the molecule is Cc1nc(C)c(C(=O)N2CCCCC2c2cc3n(n2)[C@@H](C(F)(F)F)C[C@@H](C)N3)s1. The number of carbonyl (C=O) groups excluding carboxylic acids is 1. The second-order valence-electron chi connectivity index (χ2n) is 7.90. The smallest absolute Gasteiger partial charge is 0.368 e. The Balaban J connectivity index is 1.68. The van der Waals surface area contributed by atoms with Crippen molar-refractivity contribution in [2.45, 2.75) is 70.8 Å². The zero-order valence-corrected chi connectivity index (χ0v) is 17.4. The molecule has 0 radical (unpaired) electrons. The summed E-state index contributed by atoms with van der Waals surface area (Å²) < 4.78 is 41.7. The van der Waals surface area contributed by atoms with Crippen LogP contribution in [0.15, 0.2) is 6.07 Å². The number of piperidine rings is 1. The second-order valence-corrected chi connectivity index (χ2v) is 9.10. The molecule has 0 spiro atoms. The van der Waals surface area contributed by atoms with Crippen LogP contribution in [0.5, 0.6) is 0 Å². The standard InChI is InChI=1S/C19H24F3N5OS/c1-10-8-15(19(20,21)22)27-16(23-10)9-13(25-27)14-6-4-5-7-26(14)18(28)17-11(2)24-12(3)29-17/h9-10,14-15,23H,4-8H2,1-3H3/t10-,14?,15-/m1/s1. The van der Waals surface area contributed by atoms with E-state index >= 15 is 0 Å². The Hall–Kier alpha value is -2.10. The number of rotatable bonds is 2. The minimum absolute atomic E-state index is 0.0652. The molecule has 1 amide bonds. The van der Waals surface area contributed by atoms with Crippen LogP contribution in [0.2, 0.25) is 0 Å². The highest BCUT2D eigenvalue weighted by atomic mass is 32.1. The summed E-state index contributed by atoms with van der Waals surface area (Å²) in [6.45, 7) is 5.97. The van der Waals surface area contributed by atoms with Crippen LogP contribution in [0.1, 0.15) is 70.8 Å². The number of fused-ring (bicyclic) bond motifs is 1. The molecule has 0 aromatic carbocycles. The van der Waals surface area contributed by atoms with E-state index in [0.29, 0.717) is 35.0 Å². The third-order valence-electron chi connectivity index (χ3n) is 5.60. The first-order valence-electron chi connectivity index (χ1n) is 9.83. The maximum Gasteiger partial charge on any atom is 0.410 e. The van der Waals surface area contributed by atoms with Crippen molar-refractivity contribution in [1.29, 1.82) is 0 Å². The number of aryl methyl sites for hydroxylation is 2. The fourth-order valence-corrected chi connectivity index (χ4v) is 5.16. The maximum atomic E-state index is 13.6. The van der Waals surface area contributed by atoms with Gasteiger partial charge < -0.3 is 10.2 Å². The van der Waals surface area contributed by atoms with E-state index in [1.54, 1.807) is 17.9 Å². The quantitative estimate of drug-likeness (QED) is 0.759. The molecule has 2 aromatic rings. The molecule has 29 heavy (non-hydrogen) atoms. The Morgan fingerprint density at radius 3 is 2.72 bits per heavy atom. The van der Waals surface area contributed by atoms with Gasteiger partial charge in [-0.15, -0.1) is 11.3 Å². The molecule has 2 aliphatic rings. The lowest BCUT2D eigenvalue weighted by Crippen LogP contribution is -2.39. The van der Waals surface area contributed by atoms with Crippen molar-refractivity contribution in [3.8, 4) is 0 Å². The van der Waals surface area contributed by atoms with Crippen LogP contribution >= 0.6 is 11.3 Å². The highest BCUT2D eigenvalue weighted by Gasteiger charge is 2.46. The van der Waals surface area contributed by atoms with Gasteiger partial charge in [-0.25, -0.2) is 9.67 Å². The number of likely N-dealkylation sites (tertiary alicyclic amines) is 1. The van der Waals surface area contributed by atoms with Crippen LogP contribution < -0.4 is 5.32 Å². The van der Waals surface area contributed by atoms with Crippen LogP contribution in [0, 0.1) is 13.8 Å². The molecule has 1 unspecified atom stereocenters. The van der Waals surface area contributed by atoms with E-state index in [-0.39, 0.29) is 24.4 Å². The highest BCUT2D eigenvalue weighted by molar-refractivity contribution is 7.13. The molecule has 4 rings (SSSR count). The van der Waals surface area contributed by atoms with E-state index in [1.165, 1.54) is 11.3 Å². The third-order valence-corrected chi connectivity index (χ3v) is 6.66. The number of nitrogens with zero attached hydrogens (tertiary/aromatic N) is 4. The largest absolute Gasteiger partial charge is 0.410 e. The summed E-state index contributed by atoms with van der Waals surface area (Å²) in [7, 11) is 0. The molecule has 10 heteroatoms. The fraction of sp³-hybridized carbons (Fsp3) is 0.632. The molecule has 1 N–H and O–H groups in total. The summed E-state index contributed by atoms with van der Waals surface area (Å²) in [4.78, 5) is 19.9. The van der Waals surface area contributed by atoms with Crippen molar-refractivity contribution in [2.75, 3.05) is 11.9 Å². The van der Waals surface area contributed by atoms with Crippen LogP contribution in [0.3, 0.4) is 0 Å². The average molecular weight is 427 g/mol. The van der Waals surface area contributed by atoms with E-state index in [4.69, 9.17) is 0 Å². The lowest BCUT2D eigenvalue weighted by molar-refractivity contribution is -0.173. The summed E-state index contributed by atoms with van der Waals surface area (Å²) in [5, 5.41) is 8.26. The summed E-state index contributed by atoms with van der Waals surface area (Å²) in [6, 6.07) is -0.607. The number of hydrogen-bond acceptors (Lipinski definition) is 5. The van der Waals surface area contributed by atoms with Gasteiger partial charge in [-0.2, -0.15) is 18.3 Å². The van der Waals surface area contributed by atoms with E-state index in [9.17, 15) is 18.0 Å². The summed E-state index contributed by atoms with van der Waals surface area (Å²) in [5.41, 5.74) is 1.21. The number of amides is 1. The number of anilines is 1. The molecular formula is C19H24F3N5OS. The van der Waals surface area contributed by atoms with Gasteiger partial charge in [-0.3, -0.25) is 4.79 Å². The molecule has 0 bridgehead atoms. The molecular weight excluding hydrogens is 403 g/mol. The Bertz CT molecular complexity index is 922. The Kier molecular flexibility index (Phi) is 5.08. The van der Waals surface area contributed by atoms with E-state index in [1.807, 2.05) is 13.8 Å². The number of thiazole rings is 1. The summed E-state index contributed by atoms with van der Waals surface area (Å²) in [5.74, 6) is 0.251. The van der Waals surface area contributed by atoms with E-state index in [2.05, 4.69) is 15.4 Å². The van der Waals surface area contributed by atoms with Gasteiger partial charge in [0, 0.05) is 18.7 Å². The number of carbonyl (C=O) groups is 1. The maximum absolute atomic E-state index is 13.6. The molecule has 6 nitrogen and oxygen atoms in total. The topological polar surface area (TPSA) is 63.1 Å². The molecule has 0 saturated carbocycles. The van der Waals surface area contributed by atoms with Crippen molar-refractivity contribution in [1.82, 2.24) is 19.7 Å². The van der Waals surface area contributed by atoms with Gasteiger partial charge in [-0.1, -0.05) is 0 Å². The van der Waals surface area contributed by atoms with Gasteiger partial charge in [0.15, 0.2) is 6.04 Å². The van der Waals surface area contributed by atoms with Crippen molar-refractivity contribution < 1.29 is 18.0 Å². The van der Waals surface area contributed by atoms with Gasteiger partial charge in [0.2, 0.25) is 0 Å². The minimum Gasteiger partial charge on any atom is -0.368 e. The van der Waals surface area contributed by atoms with Gasteiger partial charge in [0.05, 0.1) is 22.4 Å². The molecule has 3 atom stereocenters. The monoisotopic (exact) mass is 427 g/mol. The van der Waals surface area contributed by atoms with Gasteiger partial charge in [-0.05, 0) is 46.5 Å². The number of halogens is 3. The van der Waals surface area contributed by atoms with Crippen LogP contribution in [0.4, 0.5) is 19.0 Å². The lowest BCUT2D eigenvalue weighted by atomic mass is 9.99. The van der Waals surface area contributed by atoms with Crippen molar-refractivity contribution in [3.05, 3.63) is 27.3 Å². The zero-order valence-electron chi connectivity index (χ0n) is 16.6. The van der Waals surface area contributed by atoms with E-state index < -0.39 is 12.2 Å². The van der Waals surface area contributed by atoms with Crippen molar-refractivity contribution in [3.63, 3.8) is 0 Å². The first kappa shape index (κ1) is 20.2. The molecule has 158 valence electrons. The minimum atomic E-state index is -4.37. The van der Waals surface area contributed by atoms with Crippen molar-refractivity contribution >= 4 is 23.1 Å². The van der Waals surface area contributed by atoms with Crippen LogP contribution in [0.25, 0.3) is 0 Å². The second kappa shape index (κ2) is 7.30. The fourth-order valence-electron chi connectivity index (χ4n) is 4.28. The van der Waals surface area contributed by atoms with Gasteiger partial charge >= 0.3 is 6.18 Å². The Labute approximate surface area is 171 Å². The molecule has 2 aliphatic heterocycles. The first-order valence-corrected chi connectivity index (χ1v) is 10.6. The van der Waals surface area contributed by atoms with Gasteiger partial charge in [0.25, 0.3) is 5.91 Å². The summed E-state index contributed by atoms with van der Waals surface area (Å²) >= 11 is 1.36. The number of aromatic nitrogens is 3. The molecule has 1 fully saturated rings. The molecule has 2 aromatic heterocycles. The summed E-state index contributed by atoms with van der Waals surface area (Å²) in [6.07, 6.45) is -1.97. The number of hydrogen-bond donors (Lipinski definition) is 1. The Morgan fingerprint density at radius 2 is 2.07 bits per heavy atom. The first-order chi connectivity index (χ1) is 13.6. The predicted octanol–water partition coefficient (Wildman–Crippen LogP) is 4.63. The Morgan fingerprint density at radius 1 is 1.31 bits per heavy atom. The van der Waals surface area contributed by atoms with Crippen LogP contribution in [-0.4, -0.2) is 44.3 Å². The number of nitrogens with one attached hydrogen (secondary N) is 1. The highest BCUT2D eigenvalue weighted by Crippen LogP contribution is 2.41. The average Bonchev–Trinajstić information content (AvgIpc) is 3.22. The predicted molar refractivity (Wildman–Crippen MR) is 104 cm³/mol. The lowest BCUT2D eigenvalue weighted by Gasteiger charge is -2.34. The third kappa shape index (κ3) is 3.74. The van der Waals surface area contributed by atoms with E-state index in [0.717, 1.165) is 22.5 Å². The number of alkyl halides is 3. The van der Waals surface area contributed by atoms with Crippen molar-refractivity contribution in [2.24, 2.45) is 0 Å². The zero-order chi connectivity index (χ0) is 20.9. The normalized spacial score (nSPS) is 24.9. The molecule has 0 aliphatic carbocycles. The molecule has 4 heterocycles.